The van der Waals surface area contributed by atoms with E-state index in [1.54, 1.807) is 0 Å². The molecule has 0 N–H and O–H groups in total. The Morgan fingerprint density at radius 1 is 0.812 bits per heavy atom. The molecule has 94 valence electrons. The van der Waals surface area contributed by atoms with Gasteiger partial charge >= 0.3 is 123 Å². The molecule has 0 amide bonds. The van der Waals surface area contributed by atoms with Gasteiger partial charge in [0.2, 0.25) is 0 Å². The zero-order chi connectivity index (χ0) is 11.6. The molecule has 0 fully saturated rings. The maximum absolute atomic E-state index is 6.00. The Balaban J connectivity index is 0. The molecule has 0 spiro atoms. The quantitative estimate of drug-likeness (QED) is 0.280. The molecular weight excluding hydrogens is 471 g/mol. The maximum atomic E-state index is 6.00. The van der Waals surface area contributed by atoms with E-state index in [1.807, 2.05) is 0 Å². The summed E-state index contributed by atoms with van der Waals surface area (Å²) in [6, 6.07) is 0. The molecule has 0 aliphatic rings. The van der Waals surface area contributed by atoms with Crippen LogP contribution in [0.1, 0.15) is 59.3 Å². The summed E-state index contributed by atoms with van der Waals surface area (Å²) in [7, 11) is 0. The molecule has 0 atom stereocenters. The van der Waals surface area contributed by atoms with Crippen LogP contribution in [-0.4, -0.2) is 18.4 Å². The summed E-state index contributed by atoms with van der Waals surface area (Å²) in [5.41, 5.74) is 0. The van der Waals surface area contributed by atoms with Gasteiger partial charge in [0.15, 0.2) is 0 Å². The Bertz CT molecular complexity index is 135. The molecule has 0 heterocycles. The van der Waals surface area contributed by atoms with Crippen molar-refractivity contribution in [1.29, 1.82) is 0 Å². The number of unbranched alkanes of at least 4 members (excludes halogenated alkanes) is 3. The average Bonchev–Trinajstić information content (AvgIpc) is 2.29. The number of hydrogen-bond donors (Lipinski definition) is 0. The zero-order valence-corrected chi connectivity index (χ0v) is 17.2. The zero-order valence-electron chi connectivity index (χ0n) is 11.4. The topological polar surface area (TPSA) is 0 Å². The summed E-state index contributed by atoms with van der Waals surface area (Å²) in [5, 5.41) is 0. The van der Waals surface area contributed by atoms with Gasteiger partial charge < -0.3 is 0 Å². The second-order valence-corrected chi connectivity index (χ2v) is 17.8. The van der Waals surface area contributed by atoms with Crippen molar-refractivity contribution < 1.29 is 21.1 Å². The van der Waals surface area contributed by atoms with E-state index in [4.69, 9.17) is 6.58 Å². The number of rotatable bonds is 10. The summed E-state index contributed by atoms with van der Waals surface area (Å²) in [5.74, 6) is 0. The molecule has 0 aliphatic heterocycles. The van der Waals surface area contributed by atoms with E-state index in [9.17, 15) is 0 Å². The van der Waals surface area contributed by atoms with E-state index in [-0.39, 0.29) is 21.1 Å². The van der Waals surface area contributed by atoms with Crippen LogP contribution in [0.25, 0.3) is 0 Å². The summed E-state index contributed by atoms with van der Waals surface area (Å²) in [6.45, 7) is 12.9. The SMILES string of the molecule is [CH-]=[CH][Sn]([CH2]CCC)([CH2]CCC)[CH2]CCC.[W+2]. The first-order chi connectivity index (χ1) is 7.24. The van der Waals surface area contributed by atoms with Crippen LogP contribution in [0.2, 0.25) is 13.3 Å². The summed E-state index contributed by atoms with van der Waals surface area (Å²) in [4.78, 5) is 0. The first-order valence-corrected chi connectivity index (χ1v) is 14.5. The van der Waals surface area contributed by atoms with E-state index in [1.165, 1.54) is 51.8 Å². The third-order valence-electron chi connectivity index (χ3n) is 3.44. The van der Waals surface area contributed by atoms with E-state index in [0.717, 1.165) is 0 Å². The van der Waals surface area contributed by atoms with Crippen molar-refractivity contribution in [3.05, 3.63) is 10.7 Å². The van der Waals surface area contributed by atoms with Crippen LogP contribution in [0.15, 0.2) is 4.09 Å². The number of hydrogen-bond acceptors (Lipinski definition) is 0. The average molecular weight is 500 g/mol. The van der Waals surface area contributed by atoms with Crippen molar-refractivity contribution in [2.75, 3.05) is 0 Å². The monoisotopic (exact) mass is 501 g/mol. The van der Waals surface area contributed by atoms with Gasteiger partial charge in [-0.05, 0) is 0 Å². The van der Waals surface area contributed by atoms with Crippen molar-refractivity contribution >= 4 is 18.4 Å². The van der Waals surface area contributed by atoms with Crippen molar-refractivity contribution in [2.24, 2.45) is 0 Å². The fourth-order valence-electron chi connectivity index (χ4n) is 2.21. The van der Waals surface area contributed by atoms with Crippen molar-refractivity contribution in [2.45, 2.75) is 72.6 Å². The van der Waals surface area contributed by atoms with Gasteiger partial charge in [0.25, 0.3) is 0 Å². The van der Waals surface area contributed by atoms with Crippen LogP contribution in [0.4, 0.5) is 0 Å². The second-order valence-electron chi connectivity index (χ2n) is 4.84. The van der Waals surface area contributed by atoms with Crippen molar-refractivity contribution in [3.8, 4) is 0 Å². The van der Waals surface area contributed by atoms with E-state index < -0.39 is 18.4 Å². The fraction of sp³-hybridized carbons (Fsp3) is 0.857. The molecule has 2 heteroatoms. The Morgan fingerprint density at radius 3 is 1.31 bits per heavy atom. The minimum Gasteiger partial charge on any atom is 2.00 e. The molecule has 0 rings (SSSR count). The molecule has 0 aromatic carbocycles. The first-order valence-electron chi connectivity index (χ1n) is 6.80. The van der Waals surface area contributed by atoms with Crippen LogP contribution in [0.5, 0.6) is 0 Å². The van der Waals surface area contributed by atoms with Crippen molar-refractivity contribution in [1.82, 2.24) is 0 Å². The van der Waals surface area contributed by atoms with Gasteiger partial charge in [0.05, 0.1) is 0 Å². The molecule has 0 aromatic heterocycles. The maximum Gasteiger partial charge on any atom is 2.00 e. The second kappa shape index (κ2) is 12.7. The van der Waals surface area contributed by atoms with Gasteiger partial charge in [-0.1, -0.05) is 0 Å². The third kappa shape index (κ3) is 8.34. The van der Waals surface area contributed by atoms with Gasteiger partial charge in [-0.25, -0.2) is 0 Å². The molecule has 0 nitrogen and oxygen atoms in total. The molecule has 0 saturated carbocycles. The van der Waals surface area contributed by atoms with Gasteiger partial charge in [0.1, 0.15) is 0 Å². The molecule has 0 aliphatic carbocycles. The van der Waals surface area contributed by atoms with E-state index in [0.29, 0.717) is 0 Å². The smallest absolute Gasteiger partial charge is 2.00 e. The Hall–Kier alpha value is 1.23. The van der Waals surface area contributed by atoms with Crippen LogP contribution in [0, 0.1) is 6.58 Å². The van der Waals surface area contributed by atoms with Crippen LogP contribution in [-0.2, 0) is 21.1 Å². The van der Waals surface area contributed by atoms with Crippen molar-refractivity contribution in [3.63, 3.8) is 0 Å². The van der Waals surface area contributed by atoms with Gasteiger partial charge in [-0.15, -0.1) is 0 Å². The summed E-state index contributed by atoms with van der Waals surface area (Å²) in [6.07, 6.45) is 8.26. The summed E-state index contributed by atoms with van der Waals surface area (Å²) >= 11 is -1.96. The van der Waals surface area contributed by atoms with Crippen LogP contribution >= 0.6 is 0 Å². The van der Waals surface area contributed by atoms with Crippen LogP contribution in [0.3, 0.4) is 0 Å². The Morgan fingerprint density at radius 2 is 1.12 bits per heavy atom. The van der Waals surface area contributed by atoms with E-state index >= 15 is 0 Å². The molecule has 16 heavy (non-hydrogen) atoms. The molecule has 0 radical (unpaired) electrons. The largest absolute Gasteiger partial charge is 2.00 e. The van der Waals surface area contributed by atoms with Gasteiger partial charge in [-0.3, -0.25) is 0 Å². The predicted octanol–water partition coefficient (Wildman–Crippen LogP) is 5.36. The first kappa shape index (κ1) is 19.6. The predicted molar refractivity (Wildman–Crippen MR) is 73.8 cm³/mol. The minimum atomic E-state index is -1.96. The normalized spacial score (nSPS) is 10.9. The van der Waals surface area contributed by atoms with Crippen LogP contribution < -0.4 is 0 Å². The summed E-state index contributed by atoms with van der Waals surface area (Å²) < 4.78 is 6.72. The minimum absolute atomic E-state index is 0. The Labute approximate surface area is 122 Å². The molecule has 0 unspecified atom stereocenters. The fourth-order valence-corrected chi connectivity index (χ4v) is 14.8. The standard InChI is InChI=1S/3C4H9.C2H2.Sn.W/c3*1-3-4-2;1-2;;/h3*1,3-4H2,2H3;1-2H;;/q;;;-1;;+2. The molecule has 0 saturated heterocycles. The van der Waals surface area contributed by atoms with Gasteiger partial charge in [0, 0.05) is 0 Å². The molecule has 0 aromatic rings. The van der Waals surface area contributed by atoms with E-state index in [2.05, 4.69) is 24.9 Å². The third-order valence-corrected chi connectivity index (χ3v) is 17.0. The molecule has 0 bridgehead atoms. The van der Waals surface area contributed by atoms with Gasteiger partial charge in [-0.2, -0.15) is 0 Å². The Kier molecular flexibility index (Phi) is 15.5. The molecular formula is C14H29SnW+.